The SMILES string of the molecule is CC(C)(C)c1cc(CC#N)c2cc(F)ccc2n1. The van der Waals surface area contributed by atoms with Gasteiger partial charge in [-0.2, -0.15) is 5.26 Å². The Morgan fingerprint density at radius 2 is 2.00 bits per heavy atom. The monoisotopic (exact) mass is 242 g/mol. The Bertz CT molecular complexity index is 633. The summed E-state index contributed by atoms with van der Waals surface area (Å²) < 4.78 is 13.3. The number of rotatable bonds is 1. The molecule has 0 aliphatic heterocycles. The molecule has 18 heavy (non-hydrogen) atoms. The van der Waals surface area contributed by atoms with Gasteiger partial charge in [0.2, 0.25) is 0 Å². The molecule has 2 nitrogen and oxygen atoms in total. The molecule has 0 radical (unpaired) electrons. The van der Waals surface area contributed by atoms with Crippen LogP contribution in [0.25, 0.3) is 10.9 Å². The third kappa shape index (κ3) is 2.33. The van der Waals surface area contributed by atoms with E-state index in [2.05, 4.69) is 31.8 Å². The number of pyridine rings is 1. The lowest BCUT2D eigenvalue weighted by Crippen LogP contribution is -2.14. The van der Waals surface area contributed by atoms with Crippen molar-refractivity contribution >= 4 is 10.9 Å². The van der Waals surface area contributed by atoms with Crippen LogP contribution in [0.3, 0.4) is 0 Å². The third-order valence-electron chi connectivity index (χ3n) is 2.89. The highest BCUT2D eigenvalue weighted by molar-refractivity contribution is 5.83. The van der Waals surface area contributed by atoms with E-state index in [1.165, 1.54) is 12.1 Å². The van der Waals surface area contributed by atoms with Crippen molar-refractivity contribution < 1.29 is 4.39 Å². The number of fused-ring (bicyclic) bond motifs is 1. The highest BCUT2D eigenvalue weighted by Crippen LogP contribution is 2.26. The zero-order valence-electron chi connectivity index (χ0n) is 10.8. The van der Waals surface area contributed by atoms with Crippen LogP contribution in [0.5, 0.6) is 0 Å². The molecule has 3 heteroatoms. The van der Waals surface area contributed by atoms with Crippen molar-refractivity contribution in [2.24, 2.45) is 0 Å². The smallest absolute Gasteiger partial charge is 0.123 e. The number of halogens is 1. The largest absolute Gasteiger partial charge is 0.252 e. The highest BCUT2D eigenvalue weighted by atomic mass is 19.1. The molecule has 1 aromatic carbocycles. The van der Waals surface area contributed by atoms with E-state index < -0.39 is 0 Å². The fourth-order valence-electron chi connectivity index (χ4n) is 1.88. The molecular formula is C15H15FN2. The quantitative estimate of drug-likeness (QED) is 0.763. The molecule has 2 aromatic rings. The normalized spacial score (nSPS) is 11.5. The van der Waals surface area contributed by atoms with Crippen molar-refractivity contribution in [3.63, 3.8) is 0 Å². The molecular weight excluding hydrogens is 227 g/mol. The Kier molecular flexibility index (Phi) is 3.04. The van der Waals surface area contributed by atoms with Crippen LogP contribution >= 0.6 is 0 Å². The molecule has 1 aromatic heterocycles. The van der Waals surface area contributed by atoms with Crippen molar-refractivity contribution in [2.45, 2.75) is 32.6 Å². The summed E-state index contributed by atoms with van der Waals surface area (Å²) in [7, 11) is 0. The van der Waals surface area contributed by atoms with Crippen LogP contribution < -0.4 is 0 Å². The predicted molar refractivity (Wildman–Crippen MR) is 69.7 cm³/mol. The van der Waals surface area contributed by atoms with Crippen LogP contribution in [-0.2, 0) is 11.8 Å². The highest BCUT2D eigenvalue weighted by Gasteiger charge is 2.18. The molecule has 0 bridgehead atoms. The van der Waals surface area contributed by atoms with E-state index in [0.29, 0.717) is 0 Å². The summed E-state index contributed by atoms with van der Waals surface area (Å²) in [6.07, 6.45) is 0.269. The summed E-state index contributed by atoms with van der Waals surface area (Å²) in [5.74, 6) is -0.299. The van der Waals surface area contributed by atoms with E-state index in [9.17, 15) is 4.39 Å². The average molecular weight is 242 g/mol. The minimum absolute atomic E-state index is 0.0905. The van der Waals surface area contributed by atoms with Crippen LogP contribution in [0.1, 0.15) is 32.0 Å². The van der Waals surface area contributed by atoms with Gasteiger partial charge >= 0.3 is 0 Å². The van der Waals surface area contributed by atoms with Crippen molar-refractivity contribution in [3.05, 3.63) is 41.3 Å². The van der Waals surface area contributed by atoms with Gasteiger partial charge in [0.1, 0.15) is 5.82 Å². The number of benzene rings is 1. The molecule has 0 atom stereocenters. The maximum atomic E-state index is 13.3. The number of nitriles is 1. The van der Waals surface area contributed by atoms with Crippen LogP contribution in [0.4, 0.5) is 4.39 Å². The van der Waals surface area contributed by atoms with Crippen LogP contribution in [-0.4, -0.2) is 4.98 Å². The second-order valence-corrected chi connectivity index (χ2v) is 5.41. The molecule has 0 amide bonds. The first-order valence-corrected chi connectivity index (χ1v) is 5.88. The lowest BCUT2D eigenvalue weighted by atomic mass is 9.89. The van der Waals surface area contributed by atoms with E-state index in [4.69, 9.17) is 5.26 Å². The Morgan fingerprint density at radius 1 is 1.28 bits per heavy atom. The fourth-order valence-corrected chi connectivity index (χ4v) is 1.88. The molecule has 0 saturated carbocycles. The molecule has 0 saturated heterocycles. The summed E-state index contributed by atoms with van der Waals surface area (Å²) >= 11 is 0. The Balaban J connectivity index is 2.75. The van der Waals surface area contributed by atoms with Gasteiger partial charge in [0.25, 0.3) is 0 Å². The number of nitrogens with zero attached hydrogens (tertiary/aromatic N) is 2. The number of hydrogen-bond acceptors (Lipinski definition) is 2. The van der Waals surface area contributed by atoms with Gasteiger partial charge < -0.3 is 0 Å². The topological polar surface area (TPSA) is 36.7 Å². The zero-order valence-corrected chi connectivity index (χ0v) is 10.8. The van der Waals surface area contributed by atoms with Gasteiger partial charge in [0.05, 0.1) is 18.0 Å². The molecule has 0 spiro atoms. The van der Waals surface area contributed by atoms with Gasteiger partial charge in [-0.3, -0.25) is 4.98 Å². The number of aromatic nitrogens is 1. The second-order valence-electron chi connectivity index (χ2n) is 5.41. The molecule has 0 N–H and O–H groups in total. The standard InChI is InChI=1S/C15H15FN2/c1-15(2,3)14-8-10(6-7-17)12-9-11(16)4-5-13(12)18-14/h4-5,8-9H,6H2,1-3H3. The minimum Gasteiger partial charge on any atom is -0.252 e. The first kappa shape index (κ1) is 12.5. The van der Waals surface area contributed by atoms with Gasteiger partial charge in [0, 0.05) is 16.5 Å². The maximum absolute atomic E-state index is 13.3. The van der Waals surface area contributed by atoms with Gasteiger partial charge in [-0.15, -0.1) is 0 Å². The van der Waals surface area contributed by atoms with Crippen molar-refractivity contribution in [1.82, 2.24) is 4.98 Å². The van der Waals surface area contributed by atoms with Gasteiger partial charge in [-0.1, -0.05) is 20.8 Å². The van der Waals surface area contributed by atoms with E-state index >= 15 is 0 Å². The first-order valence-electron chi connectivity index (χ1n) is 5.88. The molecule has 1 heterocycles. The van der Waals surface area contributed by atoms with Crippen molar-refractivity contribution in [2.75, 3.05) is 0 Å². The van der Waals surface area contributed by atoms with E-state index in [1.54, 1.807) is 6.07 Å². The lowest BCUT2D eigenvalue weighted by molar-refractivity contribution is 0.570. The van der Waals surface area contributed by atoms with E-state index in [-0.39, 0.29) is 17.7 Å². The molecule has 0 fully saturated rings. The van der Waals surface area contributed by atoms with Crippen molar-refractivity contribution in [3.8, 4) is 6.07 Å². The van der Waals surface area contributed by atoms with E-state index in [1.807, 2.05) is 6.07 Å². The van der Waals surface area contributed by atoms with Crippen molar-refractivity contribution in [1.29, 1.82) is 5.26 Å². The molecule has 0 unspecified atom stereocenters. The minimum atomic E-state index is -0.299. The summed E-state index contributed by atoms with van der Waals surface area (Å²) in [6.45, 7) is 6.21. The van der Waals surface area contributed by atoms with Crippen LogP contribution in [0.2, 0.25) is 0 Å². The fraction of sp³-hybridized carbons (Fsp3) is 0.333. The molecule has 2 rings (SSSR count). The Hall–Kier alpha value is -1.95. The Morgan fingerprint density at radius 3 is 2.61 bits per heavy atom. The molecule has 0 aliphatic carbocycles. The first-order chi connectivity index (χ1) is 8.41. The van der Waals surface area contributed by atoms with Crippen LogP contribution in [0, 0.1) is 17.1 Å². The lowest BCUT2D eigenvalue weighted by Gasteiger charge is -2.19. The average Bonchev–Trinajstić information content (AvgIpc) is 2.28. The van der Waals surface area contributed by atoms with Crippen LogP contribution in [0.15, 0.2) is 24.3 Å². The zero-order chi connectivity index (χ0) is 13.3. The summed E-state index contributed by atoms with van der Waals surface area (Å²) in [6, 6.07) is 8.55. The predicted octanol–water partition coefficient (Wildman–Crippen LogP) is 3.74. The second kappa shape index (κ2) is 4.38. The van der Waals surface area contributed by atoms with Gasteiger partial charge in [-0.25, -0.2) is 4.39 Å². The maximum Gasteiger partial charge on any atom is 0.123 e. The summed E-state index contributed by atoms with van der Waals surface area (Å²) in [4.78, 5) is 4.55. The molecule has 0 aliphatic rings. The Labute approximate surface area is 106 Å². The third-order valence-corrected chi connectivity index (χ3v) is 2.89. The van der Waals surface area contributed by atoms with Gasteiger partial charge in [0.15, 0.2) is 0 Å². The molecule has 92 valence electrons. The van der Waals surface area contributed by atoms with Gasteiger partial charge in [-0.05, 0) is 29.8 Å². The van der Waals surface area contributed by atoms with E-state index in [0.717, 1.165) is 22.2 Å². The summed E-state index contributed by atoms with van der Waals surface area (Å²) in [5.41, 5.74) is 2.42. The number of hydrogen-bond donors (Lipinski definition) is 0. The summed E-state index contributed by atoms with van der Waals surface area (Å²) in [5, 5.41) is 9.60.